The molecule has 0 bridgehead atoms. The lowest BCUT2D eigenvalue weighted by atomic mass is 9.68. The molecule has 3 fully saturated rings. The standard InChI is InChI=1S/C19H24F3N3O/c20-19(21,22)14-5-6-16(23-12-14)25-10-7-15(11-18(25)8-2-9-18)24-17(26)13-3-1-4-13/h5-6,12-13,15H,1-4,7-11H2,(H,24,26). The van der Waals surface area contributed by atoms with Gasteiger partial charge < -0.3 is 10.2 Å². The van der Waals surface area contributed by atoms with E-state index in [1.807, 2.05) is 0 Å². The van der Waals surface area contributed by atoms with Gasteiger partial charge in [-0.25, -0.2) is 4.98 Å². The summed E-state index contributed by atoms with van der Waals surface area (Å²) in [5, 5.41) is 3.21. The highest BCUT2D eigenvalue weighted by Crippen LogP contribution is 2.46. The number of nitrogens with zero attached hydrogens (tertiary/aromatic N) is 2. The van der Waals surface area contributed by atoms with Crippen LogP contribution in [0, 0.1) is 5.92 Å². The van der Waals surface area contributed by atoms with Crippen LogP contribution >= 0.6 is 0 Å². The molecule has 1 unspecified atom stereocenters. The van der Waals surface area contributed by atoms with Gasteiger partial charge in [0.1, 0.15) is 5.82 Å². The number of carbonyl (C=O) groups excluding carboxylic acids is 1. The molecular formula is C19H24F3N3O. The van der Waals surface area contributed by atoms with E-state index >= 15 is 0 Å². The predicted octanol–water partition coefficient (Wildman–Crippen LogP) is 3.91. The molecule has 0 aromatic carbocycles. The van der Waals surface area contributed by atoms with Gasteiger partial charge in [0, 0.05) is 30.2 Å². The van der Waals surface area contributed by atoms with Crippen molar-refractivity contribution in [1.82, 2.24) is 10.3 Å². The molecular weight excluding hydrogens is 343 g/mol. The lowest BCUT2D eigenvalue weighted by Crippen LogP contribution is -2.62. The minimum atomic E-state index is -4.36. The number of halogens is 3. The Bertz CT molecular complexity index is 666. The van der Waals surface area contributed by atoms with Crippen LogP contribution in [0.5, 0.6) is 0 Å². The summed E-state index contributed by atoms with van der Waals surface area (Å²) < 4.78 is 38.3. The molecule has 1 N–H and O–H groups in total. The Morgan fingerprint density at radius 1 is 1.19 bits per heavy atom. The molecule has 2 saturated carbocycles. The maximum atomic E-state index is 12.8. The quantitative estimate of drug-likeness (QED) is 0.881. The fraction of sp³-hybridized carbons (Fsp3) is 0.684. The fourth-order valence-corrected chi connectivity index (χ4v) is 4.44. The minimum Gasteiger partial charge on any atom is -0.353 e. The zero-order valence-corrected chi connectivity index (χ0v) is 14.7. The number of amides is 1. The maximum absolute atomic E-state index is 12.8. The summed E-state index contributed by atoms with van der Waals surface area (Å²) in [4.78, 5) is 18.5. The van der Waals surface area contributed by atoms with E-state index in [4.69, 9.17) is 0 Å². The molecule has 3 aliphatic rings. The molecule has 1 aliphatic heterocycles. The second kappa shape index (κ2) is 6.43. The van der Waals surface area contributed by atoms with Gasteiger partial charge in [-0.05, 0) is 57.1 Å². The van der Waals surface area contributed by atoms with Crippen LogP contribution in [0.15, 0.2) is 18.3 Å². The molecule has 4 nitrogen and oxygen atoms in total. The van der Waals surface area contributed by atoms with Crippen LogP contribution in [0.2, 0.25) is 0 Å². The Labute approximate surface area is 151 Å². The van der Waals surface area contributed by atoms with Crippen molar-refractivity contribution in [3.8, 4) is 0 Å². The Morgan fingerprint density at radius 2 is 1.96 bits per heavy atom. The van der Waals surface area contributed by atoms with Crippen molar-refractivity contribution < 1.29 is 18.0 Å². The third kappa shape index (κ3) is 3.16. The zero-order valence-electron chi connectivity index (χ0n) is 14.7. The molecule has 1 saturated heterocycles. The molecule has 2 heterocycles. The Hall–Kier alpha value is -1.79. The monoisotopic (exact) mass is 367 g/mol. The van der Waals surface area contributed by atoms with Gasteiger partial charge in [-0.3, -0.25) is 4.79 Å². The highest BCUT2D eigenvalue weighted by Gasteiger charge is 2.48. The number of rotatable bonds is 3. The van der Waals surface area contributed by atoms with E-state index in [1.54, 1.807) is 0 Å². The van der Waals surface area contributed by atoms with Crippen molar-refractivity contribution in [2.24, 2.45) is 5.92 Å². The summed E-state index contributed by atoms with van der Waals surface area (Å²) in [6, 6.07) is 2.75. The number of hydrogen-bond donors (Lipinski definition) is 1. The van der Waals surface area contributed by atoms with E-state index in [0.717, 1.165) is 63.6 Å². The van der Waals surface area contributed by atoms with E-state index in [1.165, 1.54) is 6.07 Å². The molecule has 2 aliphatic carbocycles. The average molecular weight is 367 g/mol. The lowest BCUT2D eigenvalue weighted by molar-refractivity contribution is -0.137. The molecule has 142 valence electrons. The average Bonchev–Trinajstić information content (AvgIpc) is 2.51. The second-order valence-corrected chi connectivity index (χ2v) is 7.96. The largest absolute Gasteiger partial charge is 0.417 e. The van der Waals surface area contributed by atoms with E-state index in [-0.39, 0.29) is 23.4 Å². The van der Waals surface area contributed by atoms with Crippen molar-refractivity contribution in [1.29, 1.82) is 0 Å². The Balaban J connectivity index is 1.45. The molecule has 1 amide bonds. The first-order chi connectivity index (χ1) is 12.4. The highest BCUT2D eigenvalue weighted by molar-refractivity contribution is 5.79. The van der Waals surface area contributed by atoms with Crippen LogP contribution in [-0.2, 0) is 11.0 Å². The van der Waals surface area contributed by atoms with Crippen LogP contribution in [0.1, 0.15) is 56.9 Å². The molecule has 0 radical (unpaired) electrons. The van der Waals surface area contributed by atoms with Crippen molar-refractivity contribution in [2.45, 2.75) is 69.1 Å². The topological polar surface area (TPSA) is 45.2 Å². The Morgan fingerprint density at radius 3 is 2.46 bits per heavy atom. The fourth-order valence-electron chi connectivity index (χ4n) is 4.44. The highest BCUT2D eigenvalue weighted by atomic mass is 19.4. The van der Waals surface area contributed by atoms with Gasteiger partial charge in [-0.2, -0.15) is 13.2 Å². The smallest absolute Gasteiger partial charge is 0.353 e. The predicted molar refractivity (Wildman–Crippen MR) is 91.7 cm³/mol. The van der Waals surface area contributed by atoms with Crippen molar-refractivity contribution in [2.75, 3.05) is 11.4 Å². The van der Waals surface area contributed by atoms with Crippen LogP contribution in [0.4, 0.5) is 19.0 Å². The van der Waals surface area contributed by atoms with Gasteiger partial charge >= 0.3 is 6.18 Å². The number of hydrogen-bond acceptors (Lipinski definition) is 3. The van der Waals surface area contributed by atoms with Gasteiger partial charge in [0.15, 0.2) is 0 Å². The number of nitrogens with one attached hydrogen (secondary N) is 1. The molecule has 1 aromatic heterocycles. The van der Waals surface area contributed by atoms with E-state index in [9.17, 15) is 18.0 Å². The van der Waals surface area contributed by atoms with Gasteiger partial charge in [0.25, 0.3) is 0 Å². The van der Waals surface area contributed by atoms with Gasteiger partial charge in [-0.1, -0.05) is 6.42 Å². The minimum absolute atomic E-state index is 0.0669. The number of pyridine rings is 1. The molecule has 7 heteroatoms. The number of alkyl halides is 3. The van der Waals surface area contributed by atoms with Gasteiger partial charge in [-0.15, -0.1) is 0 Å². The molecule has 26 heavy (non-hydrogen) atoms. The SMILES string of the molecule is O=C(NC1CCN(c2ccc(C(F)(F)F)cn2)C2(CCC2)C1)C1CCC1. The lowest BCUT2D eigenvalue weighted by Gasteiger charge is -2.56. The third-order valence-electron chi connectivity index (χ3n) is 6.36. The molecule has 1 spiro atoms. The van der Waals surface area contributed by atoms with Crippen LogP contribution in [-0.4, -0.2) is 29.0 Å². The van der Waals surface area contributed by atoms with E-state index in [2.05, 4.69) is 15.2 Å². The van der Waals surface area contributed by atoms with Crippen LogP contribution < -0.4 is 10.2 Å². The third-order valence-corrected chi connectivity index (χ3v) is 6.36. The van der Waals surface area contributed by atoms with Gasteiger partial charge in [0.2, 0.25) is 5.91 Å². The second-order valence-electron chi connectivity index (χ2n) is 7.96. The summed E-state index contributed by atoms with van der Waals surface area (Å²) >= 11 is 0. The Kier molecular flexibility index (Phi) is 4.35. The first kappa shape index (κ1) is 17.6. The van der Waals surface area contributed by atoms with E-state index in [0.29, 0.717) is 12.4 Å². The molecule has 1 atom stereocenters. The first-order valence-corrected chi connectivity index (χ1v) is 9.49. The number of anilines is 1. The summed E-state index contributed by atoms with van der Waals surface area (Å²) in [5.41, 5.74) is -0.783. The summed E-state index contributed by atoms with van der Waals surface area (Å²) in [5.74, 6) is 0.972. The first-order valence-electron chi connectivity index (χ1n) is 9.49. The van der Waals surface area contributed by atoms with Crippen molar-refractivity contribution in [3.05, 3.63) is 23.9 Å². The zero-order chi connectivity index (χ0) is 18.4. The molecule has 1 aromatic rings. The van der Waals surface area contributed by atoms with E-state index < -0.39 is 11.7 Å². The summed E-state index contributed by atoms with van der Waals surface area (Å²) in [7, 11) is 0. The van der Waals surface area contributed by atoms with Crippen LogP contribution in [0.3, 0.4) is 0 Å². The van der Waals surface area contributed by atoms with Crippen molar-refractivity contribution >= 4 is 11.7 Å². The van der Waals surface area contributed by atoms with Crippen LogP contribution in [0.25, 0.3) is 0 Å². The van der Waals surface area contributed by atoms with Gasteiger partial charge in [0.05, 0.1) is 5.56 Å². The number of carbonyl (C=O) groups is 1. The summed E-state index contributed by atoms with van der Waals surface area (Å²) in [6.45, 7) is 0.716. The molecule has 4 rings (SSSR count). The van der Waals surface area contributed by atoms with Crippen molar-refractivity contribution in [3.63, 3.8) is 0 Å². The summed E-state index contributed by atoms with van der Waals surface area (Å²) in [6.07, 6.45) is 4.47. The number of aromatic nitrogens is 1. The number of piperidine rings is 1. The normalized spacial score (nSPS) is 25.5. The maximum Gasteiger partial charge on any atom is 0.417 e.